The Morgan fingerprint density at radius 3 is 2.36 bits per heavy atom. The maximum atomic E-state index is 13.9. The number of fused-ring (bicyclic) bond motifs is 2. The highest BCUT2D eigenvalue weighted by atomic mass is 79.9. The SMILES string of the molecule is O=C(O)[C@H]1CN(Cc2ccccc2)c2c(-c3cccc(C(F)(F)F)c3)c(Cc3cccc4ccccc34)c(Br)c(=O)n21. The zero-order valence-electron chi connectivity index (χ0n) is 22.1. The molecule has 0 aliphatic carbocycles. The Balaban J connectivity index is 1.66. The molecule has 212 valence electrons. The van der Waals surface area contributed by atoms with Gasteiger partial charge in [-0.05, 0) is 61.1 Å². The number of aromatic nitrogens is 1. The zero-order valence-corrected chi connectivity index (χ0v) is 23.7. The standard InChI is InChI=1S/C33H24BrF3N2O3/c34-29-26(17-22-12-6-11-21-10-4-5-15-25(21)22)28(23-13-7-14-24(16-23)33(35,36)37)30-38(18-20-8-2-1-3-9-20)19-27(32(41)42)39(30)31(29)40/h1-16,27H,17-19H2,(H,41,42)/t27-/m1/s1. The van der Waals surface area contributed by atoms with Crippen LogP contribution in [0.5, 0.6) is 0 Å². The van der Waals surface area contributed by atoms with Crippen molar-refractivity contribution in [3.8, 4) is 11.1 Å². The average molecular weight is 633 g/mol. The van der Waals surface area contributed by atoms with E-state index < -0.39 is 29.3 Å². The molecule has 0 unspecified atom stereocenters. The summed E-state index contributed by atoms with van der Waals surface area (Å²) in [5.74, 6) is -0.911. The van der Waals surface area contributed by atoms with Crippen LogP contribution in [0, 0.1) is 0 Å². The average Bonchev–Trinajstić information content (AvgIpc) is 3.35. The second kappa shape index (κ2) is 10.8. The van der Waals surface area contributed by atoms with Crippen molar-refractivity contribution in [2.45, 2.75) is 25.2 Å². The third-order valence-corrected chi connectivity index (χ3v) is 8.47. The smallest absolute Gasteiger partial charge is 0.416 e. The number of halogens is 4. The van der Waals surface area contributed by atoms with Crippen molar-refractivity contribution in [1.29, 1.82) is 0 Å². The van der Waals surface area contributed by atoms with Gasteiger partial charge in [-0.15, -0.1) is 0 Å². The molecule has 2 heterocycles. The molecule has 5 aromatic rings. The second-order valence-electron chi connectivity index (χ2n) is 10.3. The first-order valence-electron chi connectivity index (χ1n) is 13.3. The highest BCUT2D eigenvalue weighted by molar-refractivity contribution is 9.10. The predicted octanol–water partition coefficient (Wildman–Crippen LogP) is 7.69. The molecule has 1 aliphatic rings. The van der Waals surface area contributed by atoms with Crippen LogP contribution in [0.3, 0.4) is 0 Å². The first-order valence-corrected chi connectivity index (χ1v) is 14.1. The molecule has 4 aromatic carbocycles. The Morgan fingerprint density at radius 2 is 1.62 bits per heavy atom. The number of carbonyl (C=O) groups is 1. The number of hydrogen-bond donors (Lipinski definition) is 1. The van der Waals surface area contributed by atoms with E-state index in [1.54, 1.807) is 11.0 Å². The molecular formula is C33H24BrF3N2O3. The lowest BCUT2D eigenvalue weighted by molar-refractivity contribution is -0.140. The molecular weight excluding hydrogens is 609 g/mol. The summed E-state index contributed by atoms with van der Waals surface area (Å²) in [6.07, 6.45) is -4.36. The van der Waals surface area contributed by atoms with E-state index in [1.807, 2.05) is 72.8 Å². The summed E-state index contributed by atoms with van der Waals surface area (Å²) in [7, 11) is 0. The Labute approximate surface area is 247 Å². The van der Waals surface area contributed by atoms with E-state index in [1.165, 1.54) is 10.6 Å². The summed E-state index contributed by atoms with van der Waals surface area (Å²) >= 11 is 3.46. The number of pyridine rings is 1. The Bertz CT molecular complexity index is 1880. The number of carboxylic acids is 1. The lowest BCUT2D eigenvalue weighted by Gasteiger charge is -2.25. The molecule has 0 fully saturated rings. The second-order valence-corrected chi connectivity index (χ2v) is 11.1. The van der Waals surface area contributed by atoms with E-state index in [-0.39, 0.29) is 35.4 Å². The van der Waals surface area contributed by atoms with Gasteiger partial charge in [0.1, 0.15) is 5.82 Å². The minimum absolute atomic E-state index is 0.0183. The van der Waals surface area contributed by atoms with Crippen LogP contribution in [-0.2, 0) is 23.9 Å². The van der Waals surface area contributed by atoms with Crippen molar-refractivity contribution < 1.29 is 23.1 Å². The van der Waals surface area contributed by atoms with Crippen LogP contribution in [-0.4, -0.2) is 22.2 Å². The summed E-state index contributed by atoms with van der Waals surface area (Å²) in [5.41, 5.74) is 1.50. The van der Waals surface area contributed by atoms with Gasteiger partial charge in [-0.3, -0.25) is 9.36 Å². The molecule has 0 amide bonds. The van der Waals surface area contributed by atoms with Crippen molar-refractivity contribution in [2.24, 2.45) is 0 Å². The van der Waals surface area contributed by atoms with Crippen molar-refractivity contribution in [1.82, 2.24) is 4.57 Å². The van der Waals surface area contributed by atoms with Gasteiger partial charge in [0.05, 0.1) is 16.6 Å². The molecule has 6 rings (SSSR count). The van der Waals surface area contributed by atoms with Crippen LogP contribution < -0.4 is 10.5 Å². The minimum atomic E-state index is -4.59. The van der Waals surface area contributed by atoms with Gasteiger partial charge in [0, 0.05) is 18.5 Å². The summed E-state index contributed by atoms with van der Waals surface area (Å²) in [6.45, 7) is 0.251. The first kappa shape index (κ1) is 27.8. The van der Waals surface area contributed by atoms with Crippen molar-refractivity contribution in [3.05, 3.63) is 134 Å². The fourth-order valence-electron chi connectivity index (χ4n) is 5.76. The molecule has 0 radical (unpaired) electrons. The third-order valence-electron chi connectivity index (χ3n) is 7.66. The van der Waals surface area contributed by atoms with Gasteiger partial charge in [0.25, 0.3) is 5.56 Å². The number of anilines is 1. The number of rotatable bonds is 6. The topological polar surface area (TPSA) is 62.5 Å². The largest absolute Gasteiger partial charge is 0.480 e. The van der Waals surface area contributed by atoms with Crippen LogP contribution in [0.25, 0.3) is 21.9 Å². The molecule has 5 nitrogen and oxygen atoms in total. The lowest BCUT2D eigenvalue weighted by Crippen LogP contribution is -2.29. The van der Waals surface area contributed by atoms with E-state index in [0.29, 0.717) is 11.1 Å². The molecule has 1 aliphatic heterocycles. The maximum absolute atomic E-state index is 13.9. The molecule has 9 heteroatoms. The van der Waals surface area contributed by atoms with Crippen LogP contribution in [0.4, 0.5) is 19.0 Å². The fourth-order valence-corrected chi connectivity index (χ4v) is 6.29. The summed E-state index contributed by atoms with van der Waals surface area (Å²) in [4.78, 5) is 28.1. The van der Waals surface area contributed by atoms with E-state index in [0.717, 1.165) is 34.0 Å². The number of aliphatic carboxylic acids is 1. The summed E-state index contributed by atoms with van der Waals surface area (Å²) < 4.78 is 43.0. The summed E-state index contributed by atoms with van der Waals surface area (Å²) in [6, 6.07) is 26.7. The van der Waals surface area contributed by atoms with Crippen LogP contribution in [0.15, 0.2) is 106 Å². The highest BCUT2D eigenvalue weighted by Crippen LogP contribution is 2.44. The molecule has 42 heavy (non-hydrogen) atoms. The number of carboxylic acid groups (broad SMARTS) is 1. The quantitative estimate of drug-likeness (QED) is 0.208. The van der Waals surface area contributed by atoms with Crippen LogP contribution in [0.1, 0.15) is 28.3 Å². The molecule has 1 aromatic heterocycles. The Kier molecular flexibility index (Phi) is 7.14. The number of nitrogens with zero attached hydrogens (tertiary/aromatic N) is 2. The molecule has 0 saturated heterocycles. The number of hydrogen-bond acceptors (Lipinski definition) is 3. The molecule has 0 bridgehead atoms. The van der Waals surface area contributed by atoms with Gasteiger partial charge in [-0.1, -0.05) is 84.9 Å². The normalized spacial score (nSPS) is 14.8. The van der Waals surface area contributed by atoms with Crippen molar-refractivity contribution in [3.63, 3.8) is 0 Å². The number of benzene rings is 4. The molecule has 0 saturated carbocycles. The third kappa shape index (κ3) is 4.98. The minimum Gasteiger partial charge on any atom is -0.480 e. The molecule has 1 atom stereocenters. The van der Waals surface area contributed by atoms with Crippen LogP contribution >= 0.6 is 15.9 Å². The fraction of sp³-hybridized carbons (Fsp3) is 0.152. The van der Waals surface area contributed by atoms with Crippen LogP contribution in [0.2, 0.25) is 0 Å². The maximum Gasteiger partial charge on any atom is 0.416 e. The van der Waals surface area contributed by atoms with Gasteiger partial charge in [0.15, 0.2) is 6.04 Å². The van der Waals surface area contributed by atoms with Gasteiger partial charge in [0.2, 0.25) is 0 Å². The summed E-state index contributed by atoms with van der Waals surface area (Å²) in [5, 5.41) is 12.1. The molecule has 0 spiro atoms. The monoisotopic (exact) mass is 632 g/mol. The van der Waals surface area contributed by atoms with Gasteiger partial charge in [-0.25, -0.2) is 4.79 Å². The Hall–Kier alpha value is -4.37. The van der Waals surface area contributed by atoms with E-state index >= 15 is 0 Å². The van der Waals surface area contributed by atoms with E-state index in [9.17, 15) is 27.9 Å². The number of alkyl halides is 3. The zero-order chi connectivity index (χ0) is 29.6. The lowest BCUT2D eigenvalue weighted by atomic mass is 9.92. The van der Waals surface area contributed by atoms with Crippen molar-refractivity contribution >= 4 is 38.5 Å². The van der Waals surface area contributed by atoms with Crippen molar-refractivity contribution in [2.75, 3.05) is 11.4 Å². The predicted molar refractivity (Wildman–Crippen MR) is 160 cm³/mol. The van der Waals surface area contributed by atoms with Gasteiger partial charge >= 0.3 is 12.1 Å². The van der Waals surface area contributed by atoms with Gasteiger partial charge < -0.3 is 10.0 Å². The van der Waals surface area contributed by atoms with E-state index in [2.05, 4.69) is 15.9 Å². The highest BCUT2D eigenvalue weighted by Gasteiger charge is 2.39. The molecule has 1 N–H and O–H groups in total. The Morgan fingerprint density at radius 1 is 0.929 bits per heavy atom. The van der Waals surface area contributed by atoms with E-state index in [4.69, 9.17) is 0 Å². The van der Waals surface area contributed by atoms with Gasteiger partial charge in [-0.2, -0.15) is 13.2 Å². The first-order chi connectivity index (χ1) is 20.1.